The molecule has 0 aliphatic rings. The van der Waals surface area contributed by atoms with Gasteiger partial charge in [0.05, 0.1) is 21.3 Å². The molecule has 0 fully saturated rings. The van der Waals surface area contributed by atoms with Crippen molar-refractivity contribution in [2.75, 3.05) is 41.0 Å². The summed E-state index contributed by atoms with van der Waals surface area (Å²) in [5, 5.41) is 2.99. The van der Waals surface area contributed by atoms with Crippen LogP contribution in [0.3, 0.4) is 0 Å². The Balaban J connectivity index is 0.000000198. The maximum Gasteiger partial charge on any atom is 0.317 e. The predicted molar refractivity (Wildman–Crippen MR) is 365 cm³/mol. The van der Waals surface area contributed by atoms with Crippen molar-refractivity contribution in [1.82, 2.24) is 35.0 Å². The molecule has 0 bridgehead atoms. The Hall–Kier alpha value is -10.2. The number of rotatable bonds is 31. The van der Waals surface area contributed by atoms with Gasteiger partial charge in [0, 0.05) is 113 Å². The quantitative estimate of drug-likeness (QED) is 0.0437. The van der Waals surface area contributed by atoms with Crippen LogP contribution in [0.4, 0.5) is 4.79 Å². The molecule has 0 unspecified atom stereocenters. The molecule has 1 N–H and O–H groups in total. The van der Waals surface area contributed by atoms with Gasteiger partial charge in [0.1, 0.15) is 19.8 Å². The molecule has 16 heteroatoms. The number of carbonyl (C=O) groups is 3. The highest BCUT2D eigenvalue weighted by Crippen LogP contribution is 2.32. The molecular formula is C77H89N7O9. The molecule has 4 amide bonds. The number of nitrogens with one attached hydrogen (secondary N) is 1. The summed E-state index contributed by atoms with van der Waals surface area (Å²) < 4.78 is 34.5. The molecule has 3 heterocycles. The van der Waals surface area contributed by atoms with Gasteiger partial charge in [0.25, 0.3) is 0 Å². The minimum Gasteiger partial charge on any atom is -0.493 e. The lowest BCUT2D eigenvalue weighted by Crippen LogP contribution is -2.43. The Morgan fingerprint density at radius 3 is 1.04 bits per heavy atom. The maximum absolute atomic E-state index is 12.8. The summed E-state index contributed by atoms with van der Waals surface area (Å²) in [6, 6.07) is 65.0. The largest absolute Gasteiger partial charge is 0.493 e. The molecular weight excluding hydrogens is 1170 g/mol. The van der Waals surface area contributed by atoms with Crippen LogP contribution in [-0.4, -0.2) is 94.5 Å². The van der Waals surface area contributed by atoms with Gasteiger partial charge < -0.3 is 48.4 Å². The lowest BCUT2D eigenvalue weighted by atomic mass is 10.1. The molecule has 0 spiro atoms. The molecule has 93 heavy (non-hydrogen) atoms. The van der Waals surface area contributed by atoms with Gasteiger partial charge in [-0.05, 0) is 126 Å². The Morgan fingerprint density at radius 1 is 0.398 bits per heavy atom. The minimum atomic E-state index is -0.0979. The second-order valence-corrected chi connectivity index (χ2v) is 22.3. The first-order valence-corrected chi connectivity index (χ1v) is 31.8. The fraction of sp³-hybridized carbons (Fsp3) is 0.299. The fourth-order valence-electron chi connectivity index (χ4n) is 9.81. The number of hydrogen-bond acceptors (Lipinski definition) is 12. The van der Waals surface area contributed by atoms with Gasteiger partial charge in [-0.1, -0.05) is 141 Å². The maximum atomic E-state index is 12.8. The van der Waals surface area contributed by atoms with Gasteiger partial charge in [-0.25, -0.2) is 4.79 Å². The molecule has 6 aromatic carbocycles. The average molecular weight is 1260 g/mol. The molecule has 0 aliphatic heterocycles. The molecule has 0 atom stereocenters. The predicted octanol–water partition coefficient (Wildman–Crippen LogP) is 14.5. The van der Waals surface area contributed by atoms with Crippen molar-refractivity contribution in [3.63, 3.8) is 0 Å². The number of nitrogens with zero attached hydrogens (tertiary/aromatic N) is 6. The number of pyridine rings is 3. The van der Waals surface area contributed by atoms with Crippen molar-refractivity contribution in [2.24, 2.45) is 0 Å². The van der Waals surface area contributed by atoms with E-state index in [1.807, 2.05) is 238 Å². The van der Waals surface area contributed by atoms with Crippen LogP contribution in [-0.2, 0) is 68.3 Å². The monoisotopic (exact) mass is 1260 g/mol. The highest BCUT2D eigenvalue weighted by atomic mass is 16.5. The number of benzene rings is 6. The highest BCUT2D eigenvalue weighted by molar-refractivity contribution is 5.76. The van der Waals surface area contributed by atoms with Crippen LogP contribution < -0.4 is 33.7 Å². The van der Waals surface area contributed by atoms with E-state index in [9.17, 15) is 14.4 Å². The summed E-state index contributed by atoms with van der Waals surface area (Å²) in [4.78, 5) is 56.6. The number of urea groups is 1. The normalized spacial score (nSPS) is 10.5. The van der Waals surface area contributed by atoms with Crippen molar-refractivity contribution >= 4 is 17.8 Å². The topological polar surface area (TPSA) is 167 Å². The van der Waals surface area contributed by atoms with E-state index in [1.54, 1.807) is 44.8 Å². The first kappa shape index (κ1) is 70.2. The van der Waals surface area contributed by atoms with E-state index in [0.29, 0.717) is 113 Å². The third kappa shape index (κ3) is 24.5. The van der Waals surface area contributed by atoms with Gasteiger partial charge in [-0.15, -0.1) is 0 Å². The minimum absolute atomic E-state index is 0.0585. The number of ether oxygens (including phenoxy) is 6. The van der Waals surface area contributed by atoms with Crippen LogP contribution in [0.25, 0.3) is 0 Å². The number of aromatic nitrogens is 3. The Labute approximate surface area is 549 Å². The summed E-state index contributed by atoms with van der Waals surface area (Å²) in [5.74, 6) is 4.30. The van der Waals surface area contributed by atoms with Crippen LogP contribution in [0, 0.1) is 0 Å². The number of methoxy groups -OCH3 is 3. The molecule has 9 aromatic rings. The van der Waals surface area contributed by atoms with E-state index < -0.39 is 0 Å². The summed E-state index contributed by atoms with van der Waals surface area (Å²) in [6.45, 7) is 12.6. The molecule has 0 saturated heterocycles. The Kier molecular flexibility index (Phi) is 29.6. The van der Waals surface area contributed by atoms with Gasteiger partial charge in [0.2, 0.25) is 11.8 Å². The van der Waals surface area contributed by atoms with E-state index in [-0.39, 0.29) is 23.9 Å². The second-order valence-electron chi connectivity index (χ2n) is 22.3. The third-order valence-electron chi connectivity index (χ3n) is 14.8. The SMILES string of the molecule is CCC(=O)N(CCc1ccccn1)Cc1ccc(OCc2ccccc2)c(OC)c1.CCCC(=O)N(CCc1ccccn1)Cc1ccc(OCc2ccccc2)c(OC)c1.COc1cc(CN(CCc2ccccn2)C(=O)NC(C)C)ccc1OCc1ccccc1. The Bertz CT molecular complexity index is 3610. The van der Waals surface area contributed by atoms with Crippen molar-refractivity contribution < 1.29 is 42.8 Å². The molecule has 486 valence electrons. The van der Waals surface area contributed by atoms with Gasteiger partial charge in [-0.3, -0.25) is 24.5 Å². The van der Waals surface area contributed by atoms with Crippen molar-refractivity contribution in [3.05, 3.63) is 269 Å². The molecule has 16 nitrogen and oxygen atoms in total. The van der Waals surface area contributed by atoms with E-state index in [1.165, 1.54) is 0 Å². The average Bonchev–Trinajstić information content (AvgIpc) is 1.26. The van der Waals surface area contributed by atoms with Crippen LogP contribution in [0.5, 0.6) is 34.5 Å². The molecule has 0 saturated carbocycles. The van der Waals surface area contributed by atoms with E-state index in [2.05, 4.69) is 20.3 Å². The van der Waals surface area contributed by atoms with Crippen molar-refractivity contribution in [3.8, 4) is 34.5 Å². The standard InChI is InChI=1S/C26H31N3O3.C26H30N2O3.C25H28N2O3/c1-20(2)28-26(30)29(16-14-23-11-7-8-15-27-23)18-22-12-13-24(25(17-22)31-3)32-19-21-9-5-4-6-10-21;1-3-9-26(29)28(17-15-23-12-7-8-16-27-23)19-22-13-14-24(25(18-22)30-2)31-20-21-10-5-4-6-11-21;1-3-25(28)27(16-14-22-11-7-8-15-26-22)18-21-12-13-23(24(17-21)29-2)30-19-20-9-5-4-6-10-20/h4-13,15,17,20H,14,16,18-19H2,1-3H3,(H,28,30);4-8,10-14,16,18H,3,9,15,17,19-20H2,1-2H3;4-13,15,17H,3,14,16,18-19H2,1-2H3. The summed E-state index contributed by atoms with van der Waals surface area (Å²) in [5.41, 5.74) is 9.18. The van der Waals surface area contributed by atoms with E-state index in [0.717, 1.165) is 69.7 Å². The molecule has 3 aromatic heterocycles. The first-order valence-electron chi connectivity index (χ1n) is 31.8. The van der Waals surface area contributed by atoms with E-state index in [4.69, 9.17) is 28.4 Å². The van der Waals surface area contributed by atoms with Crippen LogP contribution in [0.2, 0.25) is 0 Å². The Morgan fingerprint density at radius 2 is 0.731 bits per heavy atom. The number of amides is 4. The van der Waals surface area contributed by atoms with Crippen molar-refractivity contribution in [2.45, 2.75) is 112 Å². The first-order chi connectivity index (χ1) is 45.4. The van der Waals surface area contributed by atoms with E-state index >= 15 is 0 Å². The van der Waals surface area contributed by atoms with Gasteiger partial charge >= 0.3 is 6.03 Å². The smallest absolute Gasteiger partial charge is 0.317 e. The van der Waals surface area contributed by atoms with Crippen LogP contribution in [0.15, 0.2) is 219 Å². The zero-order chi connectivity index (χ0) is 65.8. The summed E-state index contributed by atoms with van der Waals surface area (Å²) in [7, 11) is 4.89. The van der Waals surface area contributed by atoms with Gasteiger partial charge in [0.15, 0.2) is 34.5 Å². The zero-order valence-electron chi connectivity index (χ0n) is 54.8. The third-order valence-corrected chi connectivity index (χ3v) is 14.8. The second kappa shape index (κ2) is 39.1. The lowest BCUT2D eigenvalue weighted by molar-refractivity contribution is -0.132. The van der Waals surface area contributed by atoms with Gasteiger partial charge in [-0.2, -0.15) is 0 Å². The summed E-state index contributed by atoms with van der Waals surface area (Å²) >= 11 is 0. The lowest BCUT2D eigenvalue weighted by Gasteiger charge is -2.25. The number of hydrogen-bond donors (Lipinski definition) is 1. The van der Waals surface area contributed by atoms with Crippen molar-refractivity contribution in [1.29, 1.82) is 0 Å². The fourth-order valence-corrected chi connectivity index (χ4v) is 9.81. The number of carbonyl (C=O) groups excluding carboxylic acids is 3. The zero-order valence-corrected chi connectivity index (χ0v) is 54.8. The van der Waals surface area contributed by atoms with Crippen LogP contribution in [0.1, 0.15) is 97.4 Å². The molecule has 0 aliphatic carbocycles. The highest BCUT2D eigenvalue weighted by Gasteiger charge is 2.20. The van der Waals surface area contributed by atoms with Crippen LogP contribution >= 0.6 is 0 Å². The molecule has 0 radical (unpaired) electrons. The molecule has 9 rings (SSSR count). The summed E-state index contributed by atoms with van der Waals surface area (Å²) in [6.07, 6.45) is 9.30.